The van der Waals surface area contributed by atoms with Gasteiger partial charge in [0.1, 0.15) is 6.23 Å². The highest BCUT2D eigenvalue weighted by Gasteiger charge is 2.63. The van der Waals surface area contributed by atoms with Gasteiger partial charge in [0.2, 0.25) is 10.0 Å². The molecule has 0 spiro atoms. The highest BCUT2D eigenvalue weighted by atomic mass is 32.2. The van der Waals surface area contributed by atoms with E-state index in [0.29, 0.717) is 12.8 Å². The zero-order valence-corrected chi connectivity index (χ0v) is 11.0. The lowest BCUT2D eigenvalue weighted by Gasteiger charge is -2.26. The Labute approximate surface area is 111 Å². The van der Waals surface area contributed by atoms with Crippen molar-refractivity contribution in [2.24, 2.45) is 5.92 Å². The van der Waals surface area contributed by atoms with Gasteiger partial charge in [-0.15, -0.1) is 0 Å². The predicted octanol–water partition coefficient (Wildman–Crippen LogP) is 0.555. The average molecular weight is 281 g/mol. The van der Waals surface area contributed by atoms with E-state index in [1.165, 1.54) is 4.31 Å². The molecule has 5 atom stereocenters. The number of aliphatic hydroxyl groups excluding tert-OH is 1. The smallest absolute Gasteiger partial charge is 0.245 e. The molecule has 5 nitrogen and oxygen atoms in total. The molecular formula is C13H15NO4S. The van der Waals surface area contributed by atoms with E-state index in [1.807, 2.05) is 0 Å². The number of nitrogens with zero attached hydrogens (tertiary/aromatic N) is 1. The normalized spacial score (nSPS) is 41.0. The van der Waals surface area contributed by atoms with Crippen molar-refractivity contribution in [3.63, 3.8) is 0 Å². The number of sulfonamides is 1. The number of hydrogen-bond acceptors (Lipinski definition) is 4. The minimum Gasteiger partial charge on any atom is -0.377 e. The monoisotopic (exact) mass is 281 g/mol. The molecule has 1 N–H and O–H groups in total. The van der Waals surface area contributed by atoms with Gasteiger partial charge in [-0.2, -0.15) is 4.31 Å². The topological polar surface area (TPSA) is 70.1 Å². The fourth-order valence-corrected chi connectivity index (χ4v) is 5.31. The lowest BCUT2D eigenvalue weighted by molar-refractivity contribution is 0.0771. The van der Waals surface area contributed by atoms with Crippen molar-refractivity contribution in [2.45, 2.75) is 42.2 Å². The number of ether oxygens (including phenoxy) is 1. The van der Waals surface area contributed by atoms with E-state index >= 15 is 0 Å². The molecule has 2 saturated heterocycles. The third-order valence-electron chi connectivity index (χ3n) is 4.43. The third kappa shape index (κ3) is 1.61. The minimum absolute atomic E-state index is 0.107. The van der Waals surface area contributed by atoms with E-state index in [4.69, 9.17) is 4.74 Å². The van der Waals surface area contributed by atoms with Gasteiger partial charge in [0.15, 0.2) is 0 Å². The SMILES string of the molecule is O=S(=O)(c1ccccc1)N1C(O)C[C@H]2[C@@H]3O[C@@H]3C[C@H]21. The van der Waals surface area contributed by atoms with Crippen molar-refractivity contribution in [1.82, 2.24) is 4.31 Å². The summed E-state index contributed by atoms with van der Waals surface area (Å²) in [7, 11) is -3.62. The molecule has 0 aromatic heterocycles. The third-order valence-corrected chi connectivity index (χ3v) is 6.37. The predicted molar refractivity (Wildman–Crippen MR) is 66.6 cm³/mol. The van der Waals surface area contributed by atoms with Crippen LogP contribution < -0.4 is 0 Å². The van der Waals surface area contributed by atoms with E-state index in [1.54, 1.807) is 30.3 Å². The fourth-order valence-electron chi connectivity index (χ4n) is 3.56. The number of rotatable bonds is 2. The summed E-state index contributed by atoms with van der Waals surface area (Å²) >= 11 is 0. The van der Waals surface area contributed by atoms with Gasteiger partial charge in [0.05, 0.1) is 17.1 Å². The quantitative estimate of drug-likeness (QED) is 0.804. The molecule has 0 radical (unpaired) electrons. The summed E-state index contributed by atoms with van der Waals surface area (Å²) in [5, 5.41) is 10.1. The van der Waals surface area contributed by atoms with Gasteiger partial charge in [0.25, 0.3) is 0 Å². The van der Waals surface area contributed by atoms with Crippen LogP contribution >= 0.6 is 0 Å². The summed E-state index contributed by atoms with van der Waals surface area (Å²) in [6.45, 7) is 0. The molecule has 102 valence electrons. The van der Waals surface area contributed by atoms with Crippen LogP contribution in [0.3, 0.4) is 0 Å². The van der Waals surface area contributed by atoms with Gasteiger partial charge in [-0.25, -0.2) is 8.42 Å². The summed E-state index contributed by atoms with van der Waals surface area (Å²) in [5.74, 6) is 0.151. The Morgan fingerprint density at radius 3 is 2.68 bits per heavy atom. The molecule has 19 heavy (non-hydrogen) atoms. The first-order valence-electron chi connectivity index (χ1n) is 6.51. The molecule has 1 unspecified atom stereocenters. The zero-order valence-electron chi connectivity index (χ0n) is 10.2. The van der Waals surface area contributed by atoms with Gasteiger partial charge in [-0.05, 0) is 25.0 Å². The van der Waals surface area contributed by atoms with Crippen molar-refractivity contribution in [3.05, 3.63) is 30.3 Å². The molecule has 2 aliphatic heterocycles. The maximum absolute atomic E-state index is 12.6. The van der Waals surface area contributed by atoms with Crippen LogP contribution in [0.15, 0.2) is 35.2 Å². The highest BCUT2D eigenvalue weighted by molar-refractivity contribution is 7.89. The van der Waals surface area contributed by atoms with Crippen LogP contribution in [0.5, 0.6) is 0 Å². The molecule has 1 saturated carbocycles. The van der Waals surface area contributed by atoms with Crippen molar-refractivity contribution in [3.8, 4) is 0 Å². The average Bonchev–Trinajstić information content (AvgIpc) is 2.95. The first-order chi connectivity index (χ1) is 9.09. The molecule has 1 aromatic carbocycles. The van der Waals surface area contributed by atoms with Crippen LogP contribution in [-0.2, 0) is 14.8 Å². The molecule has 4 rings (SSSR count). The van der Waals surface area contributed by atoms with Crippen molar-refractivity contribution < 1.29 is 18.3 Å². The molecule has 1 aliphatic carbocycles. The van der Waals surface area contributed by atoms with Crippen molar-refractivity contribution in [2.75, 3.05) is 0 Å². The zero-order chi connectivity index (χ0) is 13.2. The van der Waals surface area contributed by atoms with Crippen molar-refractivity contribution in [1.29, 1.82) is 0 Å². The Hall–Kier alpha value is -0.950. The summed E-state index contributed by atoms with van der Waals surface area (Å²) in [5.41, 5.74) is 0. The lowest BCUT2D eigenvalue weighted by atomic mass is 10.0. The second-order valence-electron chi connectivity index (χ2n) is 5.47. The fraction of sp³-hybridized carbons (Fsp3) is 0.538. The van der Waals surface area contributed by atoms with E-state index in [-0.39, 0.29) is 29.1 Å². The number of fused-ring (bicyclic) bond motifs is 3. The number of hydrogen-bond donors (Lipinski definition) is 1. The van der Waals surface area contributed by atoms with Crippen LogP contribution in [0.2, 0.25) is 0 Å². The number of aliphatic hydroxyl groups is 1. The molecule has 0 amide bonds. The van der Waals surface area contributed by atoms with Crippen LogP contribution in [0.4, 0.5) is 0 Å². The van der Waals surface area contributed by atoms with E-state index in [9.17, 15) is 13.5 Å². The summed E-state index contributed by atoms with van der Waals surface area (Å²) in [6, 6.07) is 8.21. The maximum Gasteiger partial charge on any atom is 0.245 e. The van der Waals surface area contributed by atoms with E-state index in [0.717, 1.165) is 0 Å². The Morgan fingerprint density at radius 2 is 1.95 bits per heavy atom. The Morgan fingerprint density at radius 1 is 1.21 bits per heavy atom. The van der Waals surface area contributed by atoms with Gasteiger partial charge in [-0.1, -0.05) is 18.2 Å². The second-order valence-corrected chi connectivity index (χ2v) is 7.31. The number of benzene rings is 1. The first-order valence-corrected chi connectivity index (χ1v) is 7.95. The first kappa shape index (κ1) is 11.8. The molecule has 0 bridgehead atoms. The van der Waals surface area contributed by atoms with Crippen LogP contribution in [0.25, 0.3) is 0 Å². The minimum atomic E-state index is -3.62. The lowest BCUT2D eigenvalue weighted by Crippen LogP contribution is -2.42. The Kier molecular flexibility index (Phi) is 2.36. The van der Waals surface area contributed by atoms with Gasteiger partial charge in [0, 0.05) is 12.0 Å². The molecule has 2 heterocycles. The largest absolute Gasteiger partial charge is 0.377 e. The Bertz CT molecular complexity index is 602. The molecule has 6 heteroatoms. The van der Waals surface area contributed by atoms with E-state index in [2.05, 4.69) is 0 Å². The van der Waals surface area contributed by atoms with Crippen LogP contribution in [0.1, 0.15) is 12.8 Å². The standard InChI is InChI=1S/C13H15NO4S/c15-12-6-9-10(7-11-13(9)18-11)14(12)19(16,17)8-4-2-1-3-5-8/h1-5,9-13,15H,6-7H2/t9-,10-,11-,12?,13+/m1/s1. The molecule has 3 fully saturated rings. The summed E-state index contributed by atoms with van der Waals surface area (Å²) in [4.78, 5) is 0.246. The molecular weight excluding hydrogens is 266 g/mol. The molecule has 3 aliphatic rings. The molecule has 1 aromatic rings. The summed E-state index contributed by atoms with van der Waals surface area (Å²) < 4.78 is 32.0. The van der Waals surface area contributed by atoms with Crippen LogP contribution in [-0.4, -0.2) is 42.3 Å². The number of epoxide rings is 1. The van der Waals surface area contributed by atoms with Gasteiger partial charge >= 0.3 is 0 Å². The Balaban J connectivity index is 1.72. The van der Waals surface area contributed by atoms with Crippen LogP contribution in [0, 0.1) is 5.92 Å². The van der Waals surface area contributed by atoms with Crippen molar-refractivity contribution >= 4 is 10.0 Å². The second kappa shape index (κ2) is 3.79. The van der Waals surface area contributed by atoms with E-state index < -0.39 is 16.3 Å². The van der Waals surface area contributed by atoms with Gasteiger partial charge < -0.3 is 9.84 Å². The summed E-state index contributed by atoms with van der Waals surface area (Å²) in [6.07, 6.45) is 0.632. The maximum atomic E-state index is 12.6. The highest BCUT2D eigenvalue weighted by Crippen LogP contribution is 2.52. The van der Waals surface area contributed by atoms with Gasteiger partial charge in [-0.3, -0.25) is 0 Å².